The molecule has 0 aliphatic rings. The first-order valence-corrected chi connectivity index (χ1v) is 8.45. The molecule has 0 amide bonds. The van der Waals surface area contributed by atoms with Crippen LogP contribution in [0.25, 0.3) is 33.6 Å². The fourth-order valence-electron chi connectivity index (χ4n) is 3.06. The fraction of sp³-hybridized carbons (Fsp3) is 0.111. The first kappa shape index (κ1) is 15.4. The van der Waals surface area contributed by atoms with Crippen molar-refractivity contribution in [1.29, 1.82) is 0 Å². The molecule has 1 aromatic carbocycles. The Morgan fingerprint density at radius 1 is 1.11 bits per heavy atom. The van der Waals surface area contributed by atoms with Gasteiger partial charge in [0.1, 0.15) is 23.5 Å². The Morgan fingerprint density at radius 3 is 2.93 bits per heavy atom. The summed E-state index contributed by atoms with van der Waals surface area (Å²) in [5.41, 5.74) is 5.29. The lowest BCUT2D eigenvalue weighted by Gasteiger charge is -2.11. The molecule has 134 valence electrons. The maximum absolute atomic E-state index is 4.69. The van der Waals surface area contributed by atoms with Gasteiger partial charge in [0.15, 0.2) is 5.82 Å². The zero-order valence-corrected chi connectivity index (χ0v) is 14.8. The summed E-state index contributed by atoms with van der Waals surface area (Å²) in [6.45, 7) is 0. The third kappa shape index (κ3) is 2.56. The predicted octanol–water partition coefficient (Wildman–Crippen LogP) is 3.03. The van der Waals surface area contributed by atoms with Crippen molar-refractivity contribution in [3.8, 4) is 11.5 Å². The Morgan fingerprint density at radius 2 is 2.04 bits per heavy atom. The Bertz CT molecular complexity index is 1240. The van der Waals surface area contributed by atoms with Crippen molar-refractivity contribution in [2.75, 3.05) is 24.3 Å². The second-order valence-electron chi connectivity index (χ2n) is 6.43. The van der Waals surface area contributed by atoms with Crippen molar-refractivity contribution >= 4 is 39.3 Å². The average Bonchev–Trinajstić information content (AvgIpc) is 3.39. The van der Waals surface area contributed by atoms with Crippen LogP contribution in [0.2, 0.25) is 0 Å². The van der Waals surface area contributed by atoms with Crippen molar-refractivity contribution in [1.82, 2.24) is 35.1 Å². The SMILES string of the molecule is CN(C)c1ccc2nc(-c3[nH]ncc3Nc3ncnc4[nH]ccc34)[nH]c2c1. The molecule has 0 radical (unpaired) electrons. The van der Waals surface area contributed by atoms with Crippen LogP contribution in [0.3, 0.4) is 0 Å². The Balaban J connectivity index is 1.55. The molecule has 4 aromatic heterocycles. The second-order valence-corrected chi connectivity index (χ2v) is 6.43. The summed E-state index contributed by atoms with van der Waals surface area (Å²) in [6, 6.07) is 8.05. The summed E-state index contributed by atoms with van der Waals surface area (Å²) in [4.78, 5) is 21.7. The van der Waals surface area contributed by atoms with E-state index in [9.17, 15) is 0 Å². The lowest BCUT2D eigenvalue weighted by Crippen LogP contribution is -2.07. The second kappa shape index (κ2) is 5.84. The van der Waals surface area contributed by atoms with Gasteiger partial charge in [-0.25, -0.2) is 15.0 Å². The number of rotatable bonds is 4. The first-order chi connectivity index (χ1) is 13.2. The molecule has 0 atom stereocenters. The number of H-pyrrole nitrogens is 3. The molecule has 5 aromatic rings. The number of fused-ring (bicyclic) bond motifs is 2. The smallest absolute Gasteiger partial charge is 0.158 e. The minimum absolute atomic E-state index is 0.704. The van der Waals surface area contributed by atoms with E-state index in [1.54, 1.807) is 6.20 Å². The van der Waals surface area contributed by atoms with Crippen LogP contribution in [0, 0.1) is 0 Å². The molecule has 0 unspecified atom stereocenters. The van der Waals surface area contributed by atoms with E-state index in [0.717, 1.165) is 39.1 Å². The summed E-state index contributed by atoms with van der Waals surface area (Å²) >= 11 is 0. The number of benzene rings is 1. The van der Waals surface area contributed by atoms with Crippen LogP contribution in [0.1, 0.15) is 0 Å². The number of hydrogen-bond donors (Lipinski definition) is 4. The van der Waals surface area contributed by atoms with Crippen molar-refractivity contribution in [2.24, 2.45) is 0 Å². The van der Waals surface area contributed by atoms with Crippen LogP contribution in [0.15, 0.2) is 43.0 Å². The molecule has 27 heavy (non-hydrogen) atoms. The van der Waals surface area contributed by atoms with Crippen LogP contribution < -0.4 is 10.2 Å². The van der Waals surface area contributed by atoms with Gasteiger partial charge in [-0.05, 0) is 24.3 Å². The van der Waals surface area contributed by atoms with E-state index in [-0.39, 0.29) is 0 Å². The van der Waals surface area contributed by atoms with E-state index < -0.39 is 0 Å². The van der Waals surface area contributed by atoms with Crippen molar-refractivity contribution in [3.63, 3.8) is 0 Å². The van der Waals surface area contributed by atoms with E-state index in [0.29, 0.717) is 11.6 Å². The lowest BCUT2D eigenvalue weighted by atomic mass is 10.2. The molecule has 0 aliphatic carbocycles. The highest BCUT2D eigenvalue weighted by Crippen LogP contribution is 2.30. The number of nitrogens with one attached hydrogen (secondary N) is 4. The molecule has 4 heterocycles. The van der Waals surface area contributed by atoms with Crippen molar-refractivity contribution < 1.29 is 0 Å². The Hall–Kier alpha value is -3.88. The van der Waals surface area contributed by atoms with Gasteiger partial charge in [-0.2, -0.15) is 5.10 Å². The van der Waals surface area contributed by atoms with Crippen LogP contribution in [0.5, 0.6) is 0 Å². The molecule has 0 spiro atoms. The van der Waals surface area contributed by atoms with Crippen molar-refractivity contribution in [2.45, 2.75) is 0 Å². The number of aromatic nitrogens is 7. The topological polar surface area (TPSA) is 114 Å². The molecule has 0 saturated heterocycles. The van der Waals surface area contributed by atoms with E-state index in [4.69, 9.17) is 0 Å². The van der Waals surface area contributed by atoms with E-state index in [1.807, 2.05) is 38.5 Å². The zero-order chi connectivity index (χ0) is 18.4. The molecule has 4 N–H and O–H groups in total. The number of imidazole rings is 1. The van der Waals surface area contributed by atoms with Crippen LogP contribution >= 0.6 is 0 Å². The number of aromatic amines is 3. The van der Waals surface area contributed by atoms with Crippen LogP contribution in [0.4, 0.5) is 17.2 Å². The van der Waals surface area contributed by atoms with Gasteiger partial charge in [0.25, 0.3) is 0 Å². The zero-order valence-electron chi connectivity index (χ0n) is 14.8. The largest absolute Gasteiger partial charge is 0.378 e. The van der Waals surface area contributed by atoms with Crippen LogP contribution in [-0.2, 0) is 0 Å². The highest BCUT2D eigenvalue weighted by atomic mass is 15.2. The summed E-state index contributed by atoms with van der Waals surface area (Å²) in [6.07, 6.45) is 5.07. The Labute approximate surface area is 153 Å². The number of anilines is 3. The quantitative estimate of drug-likeness (QED) is 0.392. The molecular formula is C18H17N9. The fourth-order valence-corrected chi connectivity index (χ4v) is 3.06. The van der Waals surface area contributed by atoms with Gasteiger partial charge >= 0.3 is 0 Å². The van der Waals surface area contributed by atoms with Gasteiger partial charge in [-0.15, -0.1) is 0 Å². The number of nitrogens with zero attached hydrogens (tertiary/aromatic N) is 5. The van der Waals surface area contributed by atoms with Gasteiger partial charge in [0.2, 0.25) is 0 Å². The first-order valence-electron chi connectivity index (χ1n) is 8.45. The molecule has 0 fully saturated rings. The summed E-state index contributed by atoms with van der Waals surface area (Å²) in [5, 5.41) is 11.4. The van der Waals surface area contributed by atoms with Gasteiger partial charge in [0.05, 0.1) is 28.3 Å². The molecular weight excluding hydrogens is 342 g/mol. The molecule has 5 rings (SSSR count). The van der Waals surface area contributed by atoms with Crippen molar-refractivity contribution in [3.05, 3.63) is 43.0 Å². The van der Waals surface area contributed by atoms with Gasteiger partial charge in [-0.1, -0.05) is 0 Å². The molecule has 0 bridgehead atoms. The van der Waals surface area contributed by atoms with E-state index in [1.165, 1.54) is 6.33 Å². The van der Waals surface area contributed by atoms with Gasteiger partial charge in [0, 0.05) is 26.0 Å². The van der Waals surface area contributed by atoms with E-state index in [2.05, 4.69) is 51.4 Å². The molecule has 9 heteroatoms. The van der Waals surface area contributed by atoms with Gasteiger partial charge < -0.3 is 20.2 Å². The minimum atomic E-state index is 0.704. The maximum atomic E-state index is 4.69. The predicted molar refractivity (Wildman–Crippen MR) is 105 cm³/mol. The monoisotopic (exact) mass is 359 g/mol. The summed E-state index contributed by atoms with van der Waals surface area (Å²) in [7, 11) is 4.03. The lowest BCUT2D eigenvalue weighted by molar-refractivity contribution is 1.08. The van der Waals surface area contributed by atoms with Crippen LogP contribution in [-0.4, -0.2) is 49.2 Å². The minimum Gasteiger partial charge on any atom is -0.378 e. The van der Waals surface area contributed by atoms with Gasteiger partial charge in [-0.3, -0.25) is 5.10 Å². The highest BCUT2D eigenvalue weighted by Gasteiger charge is 2.15. The maximum Gasteiger partial charge on any atom is 0.158 e. The molecule has 9 nitrogen and oxygen atoms in total. The molecule has 0 aliphatic heterocycles. The normalized spacial score (nSPS) is 11.3. The molecule has 0 saturated carbocycles. The summed E-state index contributed by atoms with van der Waals surface area (Å²) < 4.78 is 0. The third-order valence-corrected chi connectivity index (χ3v) is 4.47. The highest BCUT2D eigenvalue weighted by molar-refractivity contribution is 5.91. The average molecular weight is 359 g/mol. The Kier molecular flexibility index (Phi) is 3.32. The third-order valence-electron chi connectivity index (χ3n) is 4.47. The number of hydrogen-bond acceptors (Lipinski definition) is 6. The standard InChI is InChI=1S/C18H17N9/c1-27(2)10-3-4-12-13(7-10)24-18(23-12)15-14(8-22-26-15)25-17-11-5-6-19-16(11)20-9-21-17/h3-9H,1-2H3,(H,22,26)(H,23,24)(H2,19,20,21,25). The van der Waals surface area contributed by atoms with E-state index >= 15 is 0 Å². The summed E-state index contributed by atoms with van der Waals surface area (Å²) in [5.74, 6) is 1.41.